The summed E-state index contributed by atoms with van der Waals surface area (Å²) in [7, 11) is 0. The van der Waals surface area contributed by atoms with Crippen molar-refractivity contribution in [1.82, 2.24) is 0 Å². The van der Waals surface area contributed by atoms with Gasteiger partial charge in [-0.3, -0.25) is 9.59 Å². The van der Waals surface area contributed by atoms with Gasteiger partial charge < -0.3 is 74.4 Å². The monoisotopic (exact) mass is 968 g/mol. The van der Waals surface area contributed by atoms with Crippen LogP contribution in [0.15, 0.2) is 11.6 Å². The highest BCUT2D eigenvalue weighted by Crippen LogP contribution is 2.76. The van der Waals surface area contributed by atoms with E-state index in [0.717, 1.165) is 5.57 Å². The van der Waals surface area contributed by atoms with Crippen molar-refractivity contribution in [1.29, 1.82) is 0 Å². The molecular formula is C47H75F3O17. The Morgan fingerprint density at radius 1 is 0.776 bits per heavy atom. The van der Waals surface area contributed by atoms with Gasteiger partial charge in [-0.1, -0.05) is 46.3 Å². The van der Waals surface area contributed by atoms with Crippen LogP contribution in [0.5, 0.6) is 0 Å². The largest absolute Gasteiger partial charge is 0.462 e. The summed E-state index contributed by atoms with van der Waals surface area (Å²) in [5.74, 6) is -4.08. The molecule has 0 bridgehead atoms. The number of fused-ring (bicyclic) bond motifs is 5. The Labute approximate surface area is 389 Å². The molecule has 21 atom stereocenters. The van der Waals surface area contributed by atoms with Gasteiger partial charge in [-0.05, 0) is 117 Å². The summed E-state index contributed by atoms with van der Waals surface area (Å²) in [6, 6.07) is 0. The molecule has 0 amide bonds. The first-order valence-corrected chi connectivity index (χ1v) is 23.7. The first-order valence-electron chi connectivity index (χ1n) is 23.7. The quantitative estimate of drug-likeness (QED) is 0.0523. The first kappa shape index (κ1) is 54.3. The fraction of sp³-hybridized carbons (Fsp3) is 0.915. The van der Waals surface area contributed by atoms with Crippen molar-refractivity contribution in [2.24, 2.45) is 45.3 Å². The fourth-order valence-corrected chi connectivity index (χ4v) is 14.0. The summed E-state index contributed by atoms with van der Waals surface area (Å²) >= 11 is 0. The van der Waals surface area contributed by atoms with E-state index in [1.807, 2.05) is 34.6 Å². The summed E-state index contributed by atoms with van der Waals surface area (Å²) < 4.78 is 72.2. The van der Waals surface area contributed by atoms with E-state index in [2.05, 4.69) is 31.6 Å². The van der Waals surface area contributed by atoms with Crippen LogP contribution in [-0.2, 0) is 38.0 Å². The summed E-state index contributed by atoms with van der Waals surface area (Å²) in [5, 5.41) is 100. The lowest BCUT2D eigenvalue weighted by atomic mass is 9.34. The summed E-state index contributed by atoms with van der Waals surface area (Å²) in [4.78, 5) is 24.3. The molecule has 6 rings (SSSR count). The highest BCUT2D eigenvalue weighted by molar-refractivity contribution is 5.91. The van der Waals surface area contributed by atoms with E-state index in [4.69, 9.17) is 23.7 Å². The van der Waals surface area contributed by atoms with E-state index in [0.29, 0.717) is 51.4 Å². The molecule has 2 saturated heterocycles. The Kier molecular flexibility index (Phi) is 16.1. The Bertz CT molecular complexity index is 1780. The molecule has 2 heterocycles. The lowest BCUT2D eigenvalue weighted by molar-refractivity contribution is -0.350. The normalized spacial score (nSPS) is 46.0. The van der Waals surface area contributed by atoms with Crippen molar-refractivity contribution in [3.05, 3.63) is 11.6 Å². The average Bonchev–Trinajstić information content (AvgIpc) is 3.62. The molecule has 4 aliphatic carbocycles. The third-order valence-corrected chi connectivity index (χ3v) is 17.5. The zero-order valence-electron chi connectivity index (χ0n) is 39.8. The van der Waals surface area contributed by atoms with Crippen LogP contribution < -0.4 is 0 Å². The zero-order chi connectivity index (χ0) is 50.0. The number of hydrogen-bond acceptors (Lipinski definition) is 17. The van der Waals surface area contributed by atoms with Gasteiger partial charge >= 0.3 is 18.1 Å². The van der Waals surface area contributed by atoms with Gasteiger partial charge in [0.25, 0.3) is 0 Å². The van der Waals surface area contributed by atoms with E-state index < -0.39 is 163 Å². The number of ether oxygens (including phenoxy) is 6. The summed E-state index contributed by atoms with van der Waals surface area (Å²) in [6.07, 6.45) is -18.6. The van der Waals surface area contributed by atoms with Gasteiger partial charge in [0.05, 0.1) is 30.5 Å². The second-order valence-electron chi connectivity index (χ2n) is 22.2. The van der Waals surface area contributed by atoms with E-state index in [1.54, 1.807) is 0 Å². The zero-order valence-corrected chi connectivity index (χ0v) is 39.8. The van der Waals surface area contributed by atoms with Gasteiger partial charge in [0.15, 0.2) is 19.2 Å². The third-order valence-electron chi connectivity index (χ3n) is 17.5. The van der Waals surface area contributed by atoms with Gasteiger partial charge in [-0.2, -0.15) is 13.2 Å². The second-order valence-corrected chi connectivity index (χ2v) is 22.2. The molecule has 386 valence electrons. The Morgan fingerprint density at radius 2 is 1.37 bits per heavy atom. The highest BCUT2D eigenvalue weighted by Gasteiger charge is 2.74. The minimum Gasteiger partial charge on any atom is -0.462 e. The number of halogens is 3. The molecule has 0 aromatic rings. The lowest BCUT2D eigenvalue weighted by Gasteiger charge is -2.72. The van der Waals surface area contributed by atoms with Crippen LogP contribution in [0.3, 0.4) is 0 Å². The molecule has 9 N–H and O–H groups in total. The lowest BCUT2D eigenvalue weighted by Crippen LogP contribution is -2.71. The van der Waals surface area contributed by atoms with Crippen molar-refractivity contribution < 1.29 is 97.1 Å². The maximum Gasteiger partial charge on any atom is 0.422 e. The van der Waals surface area contributed by atoms with Crippen LogP contribution in [0.1, 0.15) is 113 Å². The van der Waals surface area contributed by atoms with Crippen LogP contribution in [0, 0.1) is 45.3 Å². The van der Waals surface area contributed by atoms with Crippen molar-refractivity contribution >= 4 is 11.9 Å². The SMILES string of the molecule is CC(C)=CCC[C@](C)(O[C@@H]1O[C@H](CO)[C@@H](O)[C@H](O)[C@H]1O)[C@H]1CC[C@]2(C)[C@@H]1[C@H](O)C[C@@H]1[C@@]3(C)CC[C@H](O)C(C)(C)C3[C@@H](O[C@@H]3O[C@H](COC(=O)CC(=O)OCC(F)(F)F)[C@@H](O)[C@H](O)[C@H]3O)C[C@]12C. The Balaban J connectivity index is 1.31. The smallest absolute Gasteiger partial charge is 0.422 e. The van der Waals surface area contributed by atoms with E-state index in [1.165, 1.54) is 0 Å². The number of allylic oxidation sites excluding steroid dienone is 2. The molecule has 6 aliphatic rings. The van der Waals surface area contributed by atoms with Crippen LogP contribution in [0.2, 0.25) is 0 Å². The van der Waals surface area contributed by atoms with Crippen LogP contribution >= 0.6 is 0 Å². The molecule has 20 heteroatoms. The third kappa shape index (κ3) is 10.2. The second kappa shape index (κ2) is 19.9. The van der Waals surface area contributed by atoms with Gasteiger partial charge in [-0.15, -0.1) is 0 Å². The first-order chi connectivity index (χ1) is 31.0. The number of carbonyl (C=O) groups excluding carboxylic acids is 2. The molecule has 0 aromatic carbocycles. The number of carbonyl (C=O) groups is 2. The number of esters is 2. The molecule has 6 fully saturated rings. The molecule has 0 aromatic heterocycles. The molecular weight excluding hydrogens is 893 g/mol. The molecule has 4 saturated carbocycles. The predicted octanol–water partition coefficient (Wildman–Crippen LogP) is 2.17. The average molecular weight is 969 g/mol. The van der Waals surface area contributed by atoms with Crippen molar-refractivity contribution in [2.45, 2.75) is 205 Å². The minimum absolute atomic E-state index is 0.130. The van der Waals surface area contributed by atoms with Crippen LogP contribution in [-0.4, -0.2) is 169 Å². The molecule has 17 nitrogen and oxygen atoms in total. The fourth-order valence-electron chi connectivity index (χ4n) is 14.0. The van der Waals surface area contributed by atoms with Crippen LogP contribution in [0.25, 0.3) is 0 Å². The number of rotatable bonds is 14. The van der Waals surface area contributed by atoms with Gasteiger partial charge in [0.1, 0.15) is 61.9 Å². The number of alkyl halides is 3. The minimum atomic E-state index is -4.82. The maximum atomic E-state index is 12.6. The maximum absolute atomic E-state index is 12.6. The molecule has 67 heavy (non-hydrogen) atoms. The Hall–Kier alpha value is -2.05. The highest BCUT2D eigenvalue weighted by atomic mass is 19.4. The predicted molar refractivity (Wildman–Crippen MR) is 228 cm³/mol. The molecule has 0 spiro atoms. The van der Waals surface area contributed by atoms with Gasteiger partial charge in [0, 0.05) is 0 Å². The van der Waals surface area contributed by atoms with Crippen molar-refractivity contribution in [3.63, 3.8) is 0 Å². The Morgan fingerprint density at radius 3 is 1.99 bits per heavy atom. The van der Waals surface area contributed by atoms with E-state index in [-0.39, 0.29) is 11.8 Å². The van der Waals surface area contributed by atoms with E-state index in [9.17, 15) is 68.7 Å². The van der Waals surface area contributed by atoms with Gasteiger partial charge in [-0.25, -0.2) is 0 Å². The molecule has 1 unspecified atom stereocenters. The molecule has 2 aliphatic heterocycles. The van der Waals surface area contributed by atoms with Crippen LogP contribution in [0.4, 0.5) is 13.2 Å². The van der Waals surface area contributed by atoms with Crippen molar-refractivity contribution in [2.75, 3.05) is 19.8 Å². The topological polar surface area (TPSA) is 272 Å². The van der Waals surface area contributed by atoms with Crippen molar-refractivity contribution in [3.8, 4) is 0 Å². The summed E-state index contributed by atoms with van der Waals surface area (Å²) in [6.45, 7) is 12.9. The van der Waals surface area contributed by atoms with Gasteiger partial charge in [0.2, 0.25) is 0 Å². The number of aliphatic hydroxyl groups is 9. The summed E-state index contributed by atoms with van der Waals surface area (Å²) in [5.41, 5.74) is -2.67. The number of hydrogen-bond donors (Lipinski definition) is 9. The number of aliphatic hydroxyl groups excluding tert-OH is 9. The standard InChI is InChI=1S/C47H75F3O17/c1-22(2)10-9-13-46(8,67-41-38(61)35(58)33(56)26(19-51)65-41)23-11-15-44(6)32(23)24(52)16-28-43(5)14-12-29(53)42(3,4)39(43)25(18-45(28,44)7)64-40-37(60)36(59)34(57)27(66-40)20-62-30(54)17-31(55)63-21-47(48,49)50/h10,23-29,32-41,51-53,56-61H,9,11-21H2,1-8H3/t23-,24+,25-,26+,27+,28+,29-,32-,33+,34+,35-,36-,37+,38+,39?,40+,41-,43+,44+,45+,46-/m0/s1. The molecule has 0 radical (unpaired) electrons. The van der Waals surface area contributed by atoms with E-state index >= 15 is 0 Å².